The van der Waals surface area contributed by atoms with Gasteiger partial charge < -0.3 is 16.4 Å². The van der Waals surface area contributed by atoms with Crippen molar-refractivity contribution in [3.63, 3.8) is 0 Å². The molecule has 0 saturated heterocycles. The number of hydrogen-bond donors (Lipinski definition) is 2. The molecule has 19 heavy (non-hydrogen) atoms. The molecule has 0 aliphatic heterocycles. The molecular weight excluding hydrogens is 246 g/mol. The summed E-state index contributed by atoms with van der Waals surface area (Å²) in [6.07, 6.45) is 3.22. The third-order valence-electron chi connectivity index (χ3n) is 2.59. The highest BCUT2D eigenvalue weighted by atomic mass is 16.2. The van der Waals surface area contributed by atoms with E-state index in [0.717, 1.165) is 0 Å². The zero-order chi connectivity index (χ0) is 14.6. The topological polar surface area (TPSA) is 107 Å². The molecule has 0 spiro atoms. The predicted molar refractivity (Wildman–Crippen MR) is 70.7 cm³/mol. The maximum atomic E-state index is 12.3. The first kappa shape index (κ1) is 15.2. The molecule has 7 nitrogen and oxygen atoms in total. The molecule has 0 fully saturated rings. The molecular formula is C12H21N5O2. The third-order valence-corrected chi connectivity index (χ3v) is 2.59. The van der Waals surface area contributed by atoms with E-state index in [1.54, 1.807) is 24.1 Å². The molecule has 1 heterocycles. The monoisotopic (exact) mass is 267 g/mol. The molecule has 0 aliphatic carbocycles. The predicted octanol–water partition coefficient (Wildman–Crippen LogP) is -0.610. The number of carbonyl (C=O) groups excluding carboxylic acids is 2. The summed E-state index contributed by atoms with van der Waals surface area (Å²) < 4.78 is 1.57. The molecule has 0 saturated carbocycles. The first-order chi connectivity index (χ1) is 8.81. The van der Waals surface area contributed by atoms with Crippen molar-refractivity contribution in [2.45, 2.75) is 19.9 Å². The highest BCUT2D eigenvalue weighted by Crippen LogP contribution is 2.13. The van der Waals surface area contributed by atoms with Gasteiger partial charge in [0, 0.05) is 25.4 Å². The van der Waals surface area contributed by atoms with Crippen LogP contribution in [0.25, 0.3) is 0 Å². The van der Waals surface area contributed by atoms with Crippen molar-refractivity contribution < 1.29 is 9.59 Å². The molecule has 1 rings (SSSR count). The molecule has 106 valence electrons. The molecule has 1 unspecified atom stereocenters. The van der Waals surface area contributed by atoms with E-state index in [1.807, 2.05) is 13.8 Å². The summed E-state index contributed by atoms with van der Waals surface area (Å²) in [5.74, 6) is -0.641. The first-order valence-corrected chi connectivity index (χ1v) is 6.12. The molecule has 0 aromatic carbocycles. The first-order valence-electron chi connectivity index (χ1n) is 6.12. The van der Waals surface area contributed by atoms with Gasteiger partial charge in [-0.05, 0) is 5.92 Å². The minimum Gasteiger partial charge on any atom is -0.368 e. The quantitative estimate of drug-likeness (QED) is 0.716. The summed E-state index contributed by atoms with van der Waals surface area (Å²) in [5.41, 5.74) is 11.7. The second kappa shape index (κ2) is 6.33. The van der Waals surface area contributed by atoms with Gasteiger partial charge in [-0.3, -0.25) is 14.3 Å². The number of carbonyl (C=O) groups is 2. The van der Waals surface area contributed by atoms with E-state index in [9.17, 15) is 9.59 Å². The second-order valence-corrected chi connectivity index (χ2v) is 5.00. The van der Waals surface area contributed by atoms with E-state index in [-0.39, 0.29) is 18.4 Å². The maximum absolute atomic E-state index is 12.3. The largest absolute Gasteiger partial charge is 0.368 e. The van der Waals surface area contributed by atoms with Crippen LogP contribution in [0.5, 0.6) is 0 Å². The Morgan fingerprint density at radius 3 is 2.53 bits per heavy atom. The zero-order valence-electron chi connectivity index (χ0n) is 11.5. The minimum absolute atomic E-state index is 0.120. The van der Waals surface area contributed by atoms with Crippen LogP contribution in [0, 0.1) is 5.92 Å². The zero-order valence-corrected chi connectivity index (χ0v) is 11.5. The van der Waals surface area contributed by atoms with Gasteiger partial charge in [0.2, 0.25) is 11.8 Å². The fraction of sp³-hybridized carbons (Fsp3) is 0.583. The lowest BCUT2D eigenvalue weighted by molar-refractivity contribution is -0.137. The van der Waals surface area contributed by atoms with Crippen LogP contribution in [-0.2, 0) is 16.6 Å². The fourth-order valence-corrected chi connectivity index (χ4v) is 1.80. The van der Waals surface area contributed by atoms with Gasteiger partial charge in [-0.25, -0.2) is 0 Å². The standard InChI is InChI=1S/C12H21N5O2/c1-8(2)5-17(7-10(13)18)12(19)11(14)9-4-15-16(3)6-9/h4,6,8,11H,5,7,14H2,1-3H3,(H2,13,18). The van der Waals surface area contributed by atoms with Crippen LogP contribution in [0.15, 0.2) is 12.4 Å². The van der Waals surface area contributed by atoms with Crippen LogP contribution in [0.4, 0.5) is 0 Å². The number of nitrogens with two attached hydrogens (primary N) is 2. The SMILES string of the molecule is CC(C)CN(CC(N)=O)C(=O)C(N)c1cnn(C)c1. The molecule has 1 aromatic rings. The summed E-state index contributed by atoms with van der Waals surface area (Å²) in [4.78, 5) is 24.7. The summed E-state index contributed by atoms with van der Waals surface area (Å²) in [5, 5.41) is 3.98. The lowest BCUT2D eigenvalue weighted by atomic mass is 10.1. The van der Waals surface area contributed by atoms with E-state index in [0.29, 0.717) is 12.1 Å². The number of rotatable bonds is 6. The van der Waals surface area contributed by atoms with Crippen LogP contribution >= 0.6 is 0 Å². The molecule has 0 aliphatic rings. The molecule has 1 atom stereocenters. The van der Waals surface area contributed by atoms with Crippen LogP contribution < -0.4 is 11.5 Å². The van der Waals surface area contributed by atoms with Crippen LogP contribution in [0.3, 0.4) is 0 Å². The average molecular weight is 267 g/mol. The smallest absolute Gasteiger partial charge is 0.244 e. The average Bonchev–Trinajstić information content (AvgIpc) is 2.71. The summed E-state index contributed by atoms with van der Waals surface area (Å²) in [7, 11) is 1.75. The van der Waals surface area contributed by atoms with Crippen molar-refractivity contribution in [2.75, 3.05) is 13.1 Å². The van der Waals surface area contributed by atoms with E-state index in [4.69, 9.17) is 11.5 Å². The summed E-state index contributed by atoms with van der Waals surface area (Å²) in [6.45, 7) is 4.23. The Morgan fingerprint density at radius 2 is 2.11 bits per heavy atom. The molecule has 2 amide bonds. The highest BCUT2D eigenvalue weighted by molar-refractivity contribution is 5.87. The lowest BCUT2D eigenvalue weighted by Gasteiger charge is -2.25. The van der Waals surface area contributed by atoms with Crippen molar-refractivity contribution >= 4 is 11.8 Å². The van der Waals surface area contributed by atoms with E-state index < -0.39 is 11.9 Å². The van der Waals surface area contributed by atoms with Gasteiger partial charge in [0.15, 0.2) is 0 Å². The number of aromatic nitrogens is 2. The van der Waals surface area contributed by atoms with E-state index in [2.05, 4.69) is 5.10 Å². The van der Waals surface area contributed by atoms with Crippen molar-refractivity contribution in [1.29, 1.82) is 0 Å². The number of aryl methyl sites for hydroxylation is 1. The van der Waals surface area contributed by atoms with Crippen molar-refractivity contribution in [3.05, 3.63) is 18.0 Å². The van der Waals surface area contributed by atoms with E-state index in [1.165, 1.54) is 4.90 Å². The van der Waals surface area contributed by atoms with Crippen LogP contribution in [0.2, 0.25) is 0 Å². The Balaban J connectivity index is 2.82. The van der Waals surface area contributed by atoms with E-state index >= 15 is 0 Å². The Labute approximate surface area is 112 Å². The summed E-state index contributed by atoms with van der Waals surface area (Å²) >= 11 is 0. The molecule has 0 radical (unpaired) electrons. The maximum Gasteiger partial charge on any atom is 0.244 e. The van der Waals surface area contributed by atoms with Gasteiger partial charge in [0.05, 0.1) is 12.7 Å². The van der Waals surface area contributed by atoms with Gasteiger partial charge in [0.1, 0.15) is 6.04 Å². The van der Waals surface area contributed by atoms with Crippen LogP contribution in [-0.4, -0.2) is 39.6 Å². The highest BCUT2D eigenvalue weighted by Gasteiger charge is 2.25. The van der Waals surface area contributed by atoms with Gasteiger partial charge in [0.25, 0.3) is 0 Å². The molecule has 4 N–H and O–H groups in total. The number of hydrogen-bond acceptors (Lipinski definition) is 4. The Hall–Kier alpha value is -1.89. The molecule has 0 bridgehead atoms. The number of primary amides is 1. The number of amides is 2. The van der Waals surface area contributed by atoms with Crippen LogP contribution in [0.1, 0.15) is 25.5 Å². The Morgan fingerprint density at radius 1 is 1.47 bits per heavy atom. The molecule has 1 aromatic heterocycles. The van der Waals surface area contributed by atoms with Gasteiger partial charge in [-0.1, -0.05) is 13.8 Å². The van der Waals surface area contributed by atoms with Crippen molar-refractivity contribution in [3.8, 4) is 0 Å². The Bertz CT molecular complexity index is 455. The Kier molecular flexibility index (Phi) is 5.05. The number of nitrogens with zero attached hydrogens (tertiary/aromatic N) is 3. The van der Waals surface area contributed by atoms with Gasteiger partial charge >= 0.3 is 0 Å². The van der Waals surface area contributed by atoms with Gasteiger partial charge in [-0.15, -0.1) is 0 Å². The van der Waals surface area contributed by atoms with Crippen molar-refractivity contribution in [2.24, 2.45) is 24.4 Å². The second-order valence-electron chi connectivity index (χ2n) is 5.00. The van der Waals surface area contributed by atoms with Crippen molar-refractivity contribution in [1.82, 2.24) is 14.7 Å². The summed E-state index contributed by atoms with van der Waals surface area (Å²) in [6, 6.07) is -0.827. The normalized spacial score (nSPS) is 12.5. The third kappa shape index (κ3) is 4.36. The molecule has 7 heteroatoms. The van der Waals surface area contributed by atoms with Gasteiger partial charge in [-0.2, -0.15) is 5.10 Å². The fourth-order valence-electron chi connectivity index (χ4n) is 1.80. The lowest BCUT2D eigenvalue weighted by Crippen LogP contribution is -2.44. The minimum atomic E-state index is -0.827.